The highest BCUT2D eigenvalue weighted by Gasteiger charge is 2.09. The van der Waals surface area contributed by atoms with E-state index in [0.29, 0.717) is 22.9 Å². The number of carbonyl (C=O) groups excluding carboxylic acids is 1. The molecule has 0 amide bonds. The van der Waals surface area contributed by atoms with Crippen LogP contribution < -0.4 is 5.32 Å². The van der Waals surface area contributed by atoms with Crippen molar-refractivity contribution in [2.45, 2.75) is 6.54 Å². The summed E-state index contributed by atoms with van der Waals surface area (Å²) in [6, 6.07) is 9.01. The highest BCUT2D eigenvalue weighted by molar-refractivity contribution is 6.30. The fourth-order valence-electron chi connectivity index (χ4n) is 1.49. The lowest BCUT2D eigenvalue weighted by atomic mass is 10.3. The molecule has 18 heavy (non-hydrogen) atoms. The predicted molar refractivity (Wildman–Crippen MR) is 68.8 cm³/mol. The largest absolute Gasteiger partial charge is 0.467 e. The van der Waals surface area contributed by atoms with Crippen LogP contribution in [0.3, 0.4) is 0 Å². The second-order valence-electron chi connectivity index (χ2n) is 3.66. The number of methoxy groups -OCH3 is 1. The number of ether oxygens (including phenoxy) is 1. The summed E-state index contributed by atoms with van der Waals surface area (Å²) in [7, 11) is 1.33. The topological polar surface area (TPSA) is 51.5 Å². The van der Waals surface area contributed by atoms with E-state index in [4.69, 9.17) is 16.0 Å². The van der Waals surface area contributed by atoms with Gasteiger partial charge in [0.15, 0.2) is 0 Å². The number of halogens is 1. The van der Waals surface area contributed by atoms with Crippen molar-refractivity contribution in [2.75, 3.05) is 12.4 Å². The molecule has 5 heteroatoms. The van der Waals surface area contributed by atoms with Crippen LogP contribution in [0.15, 0.2) is 41.0 Å². The van der Waals surface area contributed by atoms with Crippen molar-refractivity contribution in [3.05, 3.63) is 52.9 Å². The van der Waals surface area contributed by atoms with Gasteiger partial charge in [-0.25, -0.2) is 4.79 Å². The van der Waals surface area contributed by atoms with E-state index >= 15 is 0 Å². The zero-order chi connectivity index (χ0) is 13.0. The van der Waals surface area contributed by atoms with Crippen LogP contribution in [0.4, 0.5) is 5.69 Å². The molecule has 1 N–H and O–H groups in total. The third-order valence-corrected chi connectivity index (χ3v) is 2.60. The van der Waals surface area contributed by atoms with Crippen LogP contribution in [0.1, 0.15) is 16.1 Å². The minimum atomic E-state index is -0.409. The molecule has 0 aliphatic heterocycles. The molecule has 1 aromatic heterocycles. The average Bonchev–Trinajstić information content (AvgIpc) is 2.84. The highest BCUT2D eigenvalue weighted by atomic mass is 35.5. The molecule has 0 unspecified atom stereocenters. The minimum absolute atomic E-state index is 0.403. The van der Waals surface area contributed by atoms with Gasteiger partial charge in [0.05, 0.1) is 19.2 Å². The van der Waals surface area contributed by atoms with Gasteiger partial charge in [-0.15, -0.1) is 0 Å². The number of benzene rings is 1. The van der Waals surface area contributed by atoms with Gasteiger partial charge in [-0.3, -0.25) is 0 Å². The van der Waals surface area contributed by atoms with Crippen LogP contribution in [0.25, 0.3) is 0 Å². The van der Waals surface area contributed by atoms with Crippen molar-refractivity contribution in [1.82, 2.24) is 0 Å². The molecule has 0 saturated carbocycles. The van der Waals surface area contributed by atoms with Gasteiger partial charge in [0.1, 0.15) is 12.0 Å². The number of anilines is 1. The number of hydrogen-bond donors (Lipinski definition) is 1. The first-order valence-electron chi connectivity index (χ1n) is 5.34. The maximum atomic E-state index is 11.2. The SMILES string of the molecule is COC(=O)c1coc(CNc2cccc(Cl)c2)c1. The molecule has 0 spiro atoms. The summed E-state index contributed by atoms with van der Waals surface area (Å²) in [4.78, 5) is 11.2. The molecule has 1 heterocycles. The third kappa shape index (κ3) is 3.05. The molecule has 94 valence electrons. The molecular weight excluding hydrogens is 254 g/mol. The fraction of sp³-hybridized carbons (Fsp3) is 0.154. The Bertz CT molecular complexity index is 551. The monoisotopic (exact) mass is 265 g/mol. The van der Waals surface area contributed by atoms with E-state index in [1.807, 2.05) is 18.2 Å². The Labute approximate surface area is 110 Å². The molecule has 1 aromatic carbocycles. The Morgan fingerprint density at radius 2 is 2.28 bits per heavy atom. The lowest BCUT2D eigenvalue weighted by Crippen LogP contribution is -2.00. The number of nitrogens with one attached hydrogen (secondary N) is 1. The van der Waals surface area contributed by atoms with E-state index in [1.165, 1.54) is 13.4 Å². The van der Waals surface area contributed by atoms with Gasteiger partial charge < -0.3 is 14.5 Å². The first-order chi connectivity index (χ1) is 8.69. The zero-order valence-electron chi connectivity index (χ0n) is 9.77. The molecule has 2 aromatic rings. The van der Waals surface area contributed by atoms with Gasteiger partial charge in [0, 0.05) is 10.7 Å². The first-order valence-corrected chi connectivity index (χ1v) is 5.72. The van der Waals surface area contributed by atoms with E-state index < -0.39 is 5.97 Å². The molecule has 4 nitrogen and oxygen atoms in total. The molecule has 0 radical (unpaired) electrons. The number of furan rings is 1. The smallest absolute Gasteiger partial charge is 0.341 e. The fourth-order valence-corrected chi connectivity index (χ4v) is 1.68. The Balaban J connectivity index is 1.98. The summed E-state index contributed by atoms with van der Waals surface area (Å²) in [5.74, 6) is 0.239. The van der Waals surface area contributed by atoms with Gasteiger partial charge in [-0.1, -0.05) is 17.7 Å². The van der Waals surface area contributed by atoms with Gasteiger partial charge in [-0.05, 0) is 24.3 Å². The lowest BCUT2D eigenvalue weighted by molar-refractivity contribution is 0.0600. The standard InChI is InChI=1S/C13H12ClNO3/c1-17-13(16)9-5-12(18-8-9)7-15-11-4-2-3-10(14)6-11/h2-6,8,15H,7H2,1H3. The van der Waals surface area contributed by atoms with Gasteiger partial charge in [0.25, 0.3) is 0 Å². The molecule has 0 atom stereocenters. The van der Waals surface area contributed by atoms with E-state index in [2.05, 4.69) is 10.1 Å². The first kappa shape index (κ1) is 12.5. The van der Waals surface area contributed by atoms with Gasteiger partial charge in [-0.2, -0.15) is 0 Å². The van der Waals surface area contributed by atoms with E-state index in [-0.39, 0.29) is 0 Å². The van der Waals surface area contributed by atoms with Crippen LogP contribution in [0.2, 0.25) is 5.02 Å². The number of esters is 1. The second kappa shape index (κ2) is 5.60. The minimum Gasteiger partial charge on any atom is -0.467 e. The molecule has 2 rings (SSSR count). The van der Waals surface area contributed by atoms with Crippen LogP contribution in [0, 0.1) is 0 Å². The van der Waals surface area contributed by atoms with E-state index in [9.17, 15) is 4.79 Å². The van der Waals surface area contributed by atoms with Gasteiger partial charge >= 0.3 is 5.97 Å². The molecule has 0 aliphatic rings. The molecule has 0 aliphatic carbocycles. The molecule has 0 saturated heterocycles. The highest BCUT2D eigenvalue weighted by Crippen LogP contribution is 2.16. The van der Waals surface area contributed by atoms with Crippen molar-refractivity contribution in [3.8, 4) is 0 Å². The van der Waals surface area contributed by atoms with Crippen LogP contribution in [-0.4, -0.2) is 13.1 Å². The van der Waals surface area contributed by atoms with E-state index in [0.717, 1.165) is 5.69 Å². The maximum Gasteiger partial charge on any atom is 0.341 e. The van der Waals surface area contributed by atoms with Crippen molar-refractivity contribution in [1.29, 1.82) is 0 Å². The van der Waals surface area contributed by atoms with Gasteiger partial charge in [0.2, 0.25) is 0 Å². The Kier molecular flexibility index (Phi) is 3.89. The maximum absolute atomic E-state index is 11.2. The third-order valence-electron chi connectivity index (χ3n) is 2.37. The molecular formula is C13H12ClNO3. The summed E-state index contributed by atoms with van der Waals surface area (Å²) in [6.45, 7) is 0.470. The lowest BCUT2D eigenvalue weighted by Gasteiger charge is -2.03. The summed E-state index contributed by atoms with van der Waals surface area (Å²) in [6.07, 6.45) is 1.38. The molecule has 0 bridgehead atoms. The Hall–Kier alpha value is -1.94. The number of carbonyl (C=O) groups is 1. The van der Waals surface area contributed by atoms with Crippen molar-refractivity contribution < 1.29 is 13.9 Å². The quantitative estimate of drug-likeness (QED) is 0.862. The van der Waals surface area contributed by atoms with Crippen molar-refractivity contribution >= 4 is 23.3 Å². The number of hydrogen-bond acceptors (Lipinski definition) is 4. The summed E-state index contributed by atoms with van der Waals surface area (Å²) in [5.41, 5.74) is 1.29. The average molecular weight is 266 g/mol. The Morgan fingerprint density at radius 1 is 1.44 bits per heavy atom. The van der Waals surface area contributed by atoms with Crippen LogP contribution in [0.5, 0.6) is 0 Å². The summed E-state index contributed by atoms with van der Waals surface area (Å²) >= 11 is 5.87. The normalized spacial score (nSPS) is 10.1. The van der Waals surface area contributed by atoms with Crippen molar-refractivity contribution in [3.63, 3.8) is 0 Å². The van der Waals surface area contributed by atoms with Crippen LogP contribution in [-0.2, 0) is 11.3 Å². The van der Waals surface area contributed by atoms with E-state index in [1.54, 1.807) is 12.1 Å². The Morgan fingerprint density at radius 3 is 3.00 bits per heavy atom. The summed E-state index contributed by atoms with van der Waals surface area (Å²) in [5, 5.41) is 3.80. The molecule has 0 fully saturated rings. The zero-order valence-corrected chi connectivity index (χ0v) is 10.5. The second-order valence-corrected chi connectivity index (χ2v) is 4.09. The summed E-state index contributed by atoms with van der Waals surface area (Å²) < 4.78 is 9.83. The predicted octanol–water partition coefficient (Wildman–Crippen LogP) is 3.33. The van der Waals surface area contributed by atoms with Crippen molar-refractivity contribution in [2.24, 2.45) is 0 Å². The number of rotatable bonds is 4. The van der Waals surface area contributed by atoms with Crippen LogP contribution >= 0.6 is 11.6 Å².